The van der Waals surface area contributed by atoms with Crippen molar-refractivity contribution in [1.82, 2.24) is 14.9 Å². The fourth-order valence-electron chi connectivity index (χ4n) is 2.81. The SMILES string of the molecule is CCN(CCN(C)c1cccc(C(C)(C)O)n1)C(=O)c1cccnc1OC(C)C. The first-order valence-electron chi connectivity index (χ1n) is 9.95. The second kappa shape index (κ2) is 9.69. The van der Waals surface area contributed by atoms with Gasteiger partial charge in [-0.15, -0.1) is 0 Å². The van der Waals surface area contributed by atoms with Gasteiger partial charge in [-0.3, -0.25) is 4.79 Å². The summed E-state index contributed by atoms with van der Waals surface area (Å²) in [6.07, 6.45) is 1.56. The highest BCUT2D eigenvalue weighted by Gasteiger charge is 2.21. The van der Waals surface area contributed by atoms with E-state index in [-0.39, 0.29) is 12.0 Å². The summed E-state index contributed by atoms with van der Waals surface area (Å²) in [6.45, 7) is 10.9. The molecule has 0 aliphatic carbocycles. The van der Waals surface area contributed by atoms with Crippen molar-refractivity contribution >= 4 is 11.7 Å². The number of pyridine rings is 2. The third-order valence-electron chi connectivity index (χ3n) is 4.48. The highest BCUT2D eigenvalue weighted by molar-refractivity contribution is 5.96. The lowest BCUT2D eigenvalue weighted by Gasteiger charge is -2.26. The predicted molar refractivity (Wildman–Crippen MR) is 114 cm³/mol. The van der Waals surface area contributed by atoms with Crippen LogP contribution in [0.5, 0.6) is 5.88 Å². The average Bonchev–Trinajstić information content (AvgIpc) is 2.67. The molecule has 0 aliphatic heterocycles. The number of ether oxygens (including phenoxy) is 1. The highest BCUT2D eigenvalue weighted by Crippen LogP contribution is 2.21. The van der Waals surface area contributed by atoms with Crippen LogP contribution in [0.15, 0.2) is 36.5 Å². The molecule has 7 nitrogen and oxygen atoms in total. The molecule has 7 heteroatoms. The van der Waals surface area contributed by atoms with E-state index in [2.05, 4.69) is 9.97 Å². The predicted octanol–water partition coefficient (Wildman–Crippen LogP) is 3.09. The molecular weight excluding hydrogens is 368 g/mol. The van der Waals surface area contributed by atoms with Crippen molar-refractivity contribution in [3.8, 4) is 5.88 Å². The molecule has 0 radical (unpaired) electrons. The fraction of sp³-hybridized carbons (Fsp3) is 0.500. The van der Waals surface area contributed by atoms with E-state index < -0.39 is 5.60 Å². The largest absolute Gasteiger partial charge is 0.474 e. The standard InChI is InChI=1S/C22H32N4O3/c1-7-26(21(27)17-10-9-13-23-20(17)29-16(2)3)15-14-25(6)19-12-8-11-18(24-19)22(4,5)28/h8-13,16,28H,7,14-15H2,1-6H3. The van der Waals surface area contributed by atoms with Crippen molar-refractivity contribution in [2.24, 2.45) is 0 Å². The summed E-state index contributed by atoms with van der Waals surface area (Å²) in [6, 6.07) is 9.06. The molecule has 1 amide bonds. The van der Waals surface area contributed by atoms with Crippen molar-refractivity contribution < 1.29 is 14.6 Å². The molecule has 2 heterocycles. The van der Waals surface area contributed by atoms with Crippen LogP contribution < -0.4 is 9.64 Å². The smallest absolute Gasteiger partial charge is 0.259 e. The van der Waals surface area contributed by atoms with Crippen molar-refractivity contribution in [2.75, 3.05) is 31.6 Å². The summed E-state index contributed by atoms with van der Waals surface area (Å²) in [5, 5.41) is 10.2. The average molecular weight is 401 g/mol. The zero-order valence-corrected chi connectivity index (χ0v) is 18.2. The second-order valence-corrected chi connectivity index (χ2v) is 7.77. The first-order chi connectivity index (χ1) is 13.6. The summed E-state index contributed by atoms with van der Waals surface area (Å²) in [4.78, 5) is 25.5. The van der Waals surface area contributed by atoms with E-state index in [4.69, 9.17) is 4.74 Å². The Bertz CT molecular complexity index is 818. The van der Waals surface area contributed by atoms with Gasteiger partial charge in [0, 0.05) is 32.9 Å². The molecule has 0 unspecified atom stereocenters. The van der Waals surface area contributed by atoms with Gasteiger partial charge < -0.3 is 19.6 Å². The third-order valence-corrected chi connectivity index (χ3v) is 4.48. The monoisotopic (exact) mass is 400 g/mol. The first-order valence-corrected chi connectivity index (χ1v) is 9.95. The van der Waals surface area contributed by atoms with Gasteiger partial charge in [0.2, 0.25) is 5.88 Å². The van der Waals surface area contributed by atoms with E-state index >= 15 is 0 Å². The normalized spacial score (nSPS) is 11.4. The maximum atomic E-state index is 13.1. The number of hydrogen-bond acceptors (Lipinski definition) is 6. The zero-order valence-electron chi connectivity index (χ0n) is 18.2. The number of anilines is 1. The molecule has 2 rings (SSSR count). The van der Waals surface area contributed by atoms with Gasteiger partial charge in [-0.1, -0.05) is 6.07 Å². The second-order valence-electron chi connectivity index (χ2n) is 7.77. The molecule has 0 saturated heterocycles. The van der Waals surface area contributed by atoms with Crippen LogP contribution in [-0.4, -0.2) is 58.7 Å². The molecule has 0 atom stereocenters. The van der Waals surface area contributed by atoms with Crippen LogP contribution in [0.4, 0.5) is 5.82 Å². The van der Waals surface area contributed by atoms with Gasteiger partial charge in [0.25, 0.3) is 5.91 Å². The maximum absolute atomic E-state index is 13.1. The van der Waals surface area contributed by atoms with Crippen LogP contribution in [-0.2, 0) is 5.60 Å². The number of carbonyl (C=O) groups excluding carboxylic acids is 1. The van der Waals surface area contributed by atoms with Crippen LogP contribution in [0.2, 0.25) is 0 Å². The summed E-state index contributed by atoms with van der Waals surface area (Å²) in [5.74, 6) is 1.00. The molecule has 2 aromatic heterocycles. The summed E-state index contributed by atoms with van der Waals surface area (Å²) < 4.78 is 5.70. The Kier molecular flexibility index (Phi) is 7.56. The number of amides is 1. The molecule has 0 saturated carbocycles. The van der Waals surface area contributed by atoms with Crippen LogP contribution in [0.1, 0.15) is 50.7 Å². The van der Waals surface area contributed by atoms with Gasteiger partial charge in [-0.05, 0) is 58.9 Å². The number of aromatic nitrogens is 2. The minimum absolute atomic E-state index is 0.0632. The van der Waals surface area contributed by atoms with Gasteiger partial charge in [-0.2, -0.15) is 0 Å². The third kappa shape index (κ3) is 6.15. The summed E-state index contributed by atoms with van der Waals surface area (Å²) >= 11 is 0. The Morgan fingerprint density at radius 2 is 1.93 bits per heavy atom. The van der Waals surface area contributed by atoms with Crippen molar-refractivity contribution in [2.45, 2.75) is 46.3 Å². The van der Waals surface area contributed by atoms with Crippen molar-refractivity contribution in [3.05, 3.63) is 47.8 Å². The van der Waals surface area contributed by atoms with Crippen LogP contribution in [0.3, 0.4) is 0 Å². The van der Waals surface area contributed by atoms with E-state index in [1.54, 1.807) is 43.1 Å². The number of carbonyl (C=O) groups is 1. The molecule has 29 heavy (non-hydrogen) atoms. The molecule has 158 valence electrons. The zero-order chi connectivity index (χ0) is 21.6. The highest BCUT2D eigenvalue weighted by atomic mass is 16.5. The molecule has 0 aliphatic rings. The lowest BCUT2D eigenvalue weighted by molar-refractivity contribution is 0.0739. The Morgan fingerprint density at radius 3 is 2.55 bits per heavy atom. The van der Waals surface area contributed by atoms with Crippen LogP contribution in [0, 0.1) is 0 Å². The quantitative estimate of drug-likeness (QED) is 0.697. The molecule has 0 fully saturated rings. The minimum atomic E-state index is -1.00. The van der Waals surface area contributed by atoms with E-state index in [1.807, 2.05) is 44.9 Å². The number of nitrogens with zero attached hydrogens (tertiary/aromatic N) is 4. The number of hydrogen-bond donors (Lipinski definition) is 1. The summed E-state index contributed by atoms with van der Waals surface area (Å²) in [5.41, 5.74) is 0.0685. The van der Waals surface area contributed by atoms with Crippen LogP contribution in [0.25, 0.3) is 0 Å². The lowest BCUT2D eigenvalue weighted by atomic mass is 10.1. The number of likely N-dealkylation sites (N-methyl/N-ethyl adjacent to an activating group) is 2. The van der Waals surface area contributed by atoms with E-state index in [9.17, 15) is 9.90 Å². The van der Waals surface area contributed by atoms with Gasteiger partial charge >= 0.3 is 0 Å². The summed E-state index contributed by atoms with van der Waals surface area (Å²) in [7, 11) is 1.92. The number of rotatable bonds is 9. The van der Waals surface area contributed by atoms with E-state index in [0.717, 1.165) is 5.82 Å². The molecule has 1 N–H and O–H groups in total. The molecule has 0 bridgehead atoms. The van der Waals surface area contributed by atoms with Gasteiger partial charge in [0.1, 0.15) is 17.0 Å². The van der Waals surface area contributed by atoms with Gasteiger partial charge in [0.05, 0.1) is 11.8 Å². The Hall–Kier alpha value is -2.67. The van der Waals surface area contributed by atoms with Gasteiger partial charge in [-0.25, -0.2) is 9.97 Å². The minimum Gasteiger partial charge on any atom is -0.474 e. The van der Waals surface area contributed by atoms with Crippen molar-refractivity contribution in [1.29, 1.82) is 0 Å². The molecule has 0 spiro atoms. The molecule has 0 aromatic carbocycles. The fourth-order valence-corrected chi connectivity index (χ4v) is 2.81. The molecular formula is C22H32N4O3. The Morgan fingerprint density at radius 1 is 1.21 bits per heavy atom. The van der Waals surface area contributed by atoms with Crippen molar-refractivity contribution in [3.63, 3.8) is 0 Å². The molecule has 2 aromatic rings. The van der Waals surface area contributed by atoms with E-state index in [0.29, 0.717) is 36.8 Å². The topological polar surface area (TPSA) is 78.8 Å². The van der Waals surface area contributed by atoms with Gasteiger partial charge in [0.15, 0.2) is 0 Å². The maximum Gasteiger partial charge on any atom is 0.259 e. The number of aliphatic hydroxyl groups is 1. The van der Waals surface area contributed by atoms with E-state index in [1.165, 1.54) is 0 Å². The Balaban J connectivity index is 2.10. The first kappa shape index (κ1) is 22.6. The van der Waals surface area contributed by atoms with Crippen LogP contribution >= 0.6 is 0 Å². The Labute approximate surface area is 173 Å². The lowest BCUT2D eigenvalue weighted by Crippen LogP contribution is -2.38.